The standard InChI is InChI=1S/C18H27N3O3.ClH/c19-10-6-2-1-3-9-17(23)20-11-13-21(14-12-20)18(24)15-7-4-5-8-16(15)22;/h4-5,7-8,22H,1-3,6,9-14,19H2;1H. The van der Waals surface area contributed by atoms with E-state index in [0.717, 1.165) is 25.7 Å². The molecule has 0 bridgehead atoms. The van der Waals surface area contributed by atoms with Crippen LogP contribution in [0, 0.1) is 0 Å². The first-order chi connectivity index (χ1) is 11.6. The summed E-state index contributed by atoms with van der Waals surface area (Å²) in [4.78, 5) is 28.1. The van der Waals surface area contributed by atoms with Crippen molar-refractivity contribution < 1.29 is 14.7 Å². The maximum absolute atomic E-state index is 12.4. The maximum atomic E-state index is 12.4. The van der Waals surface area contributed by atoms with E-state index < -0.39 is 0 Å². The van der Waals surface area contributed by atoms with E-state index in [9.17, 15) is 14.7 Å². The number of para-hydroxylation sites is 1. The number of benzene rings is 1. The number of carbonyl (C=O) groups excluding carboxylic acids is 2. The number of nitrogens with zero attached hydrogens (tertiary/aromatic N) is 2. The SMILES string of the molecule is Cl.NCCCCCCC(=O)N1CCN(C(=O)c2ccccc2O)CC1. The van der Waals surface area contributed by atoms with Crippen molar-refractivity contribution in [3.05, 3.63) is 29.8 Å². The Morgan fingerprint density at radius 3 is 2.20 bits per heavy atom. The molecule has 1 saturated heterocycles. The fourth-order valence-electron chi connectivity index (χ4n) is 2.92. The molecule has 0 radical (unpaired) electrons. The van der Waals surface area contributed by atoms with Crippen molar-refractivity contribution in [2.24, 2.45) is 5.73 Å². The monoisotopic (exact) mass is 369 g/mol. The van der Waals surface area contributed by atoms with Gasteiger partial charge in [0.2, 0.25) is 5.91 Å². The highest BCUT2D eigenvalue weighted by molar-refractivity contribution is 5.97. The number of amides is 2. The average Bonchev–Trinajstić information content (AvgIpc) is 2.61. The van der Waals surface area contributed by atoms with E-state index in [0.29, 0.717) is 44.7 Å². The molecule has 25 heavy (non-hydrogen) atoms. The number of phenols is 1. The number of hydrogen-bond acceptors (Lipinski definition) is 4. The van der Waals surface area contributed by atoms with E-state index in [-0.39, 0.29) is 30.0 Å². The summed E-state index contributed by atoms with van der Waals surface area (Å²) in [7, 11) is 0. The lowest BCUT2D eigenvalue weighted by Gasteiger charge is -2.35. The van der Waals surface area contributed by atoms with Gasteiger partial charge in [0.15, 0.2) is 0 Å². The summed E-state index contributed by atoms with van der Waals surface area (Å²) >= 11 is 0. The number of halogens is 1. The second-order valence-electron chi connectivity index (χ2n) is 6.14. The minimum Gasteiger partial charge on any atom is -0.507 e. The zero-order valence-corrected chi connectivity index (χ0v) is 15.3. The minimum atomic E-state index is -0.179. The number of phenolic OH excluding ortho intramolecular Hbond substituents is 1. The molecule has 0 spiro atoms. The molecule has 0 unspecified atom stereocenters. The molecule has 3 N–H and O–H groups in total. The van der Waals surface area contributed by atoms with Crippen molar-refractivity contribution in [3.63, 3.8) is 0 Å². The van der Waals surface area contributed by atoms with E-state index in [1.807, 2.05) is 4.90 Å². The quantitative estimate of drug-likeness (QED) is 0.720. The van der Waals surface area contributed by atoms with Gasteiger partial charge in [0.05, 0.1) is 5.56 Å². The largest absolute Gasteiger partial charge is 0.507 e. The van der Waals surface area contributed by atoms with Gasteiger partial charge in [-0.2, -0.15) is 0 Å². The highest BCUT2D eigenvalue weighted by atomic mass is 35.5. The van der Waals surface area contributed by atoms with Gasteiger partial charge in [0.1, 0.15) is 5.75 Å². The molecular weight excluding hydrogens is 342 g/mol. The van der Waals surface area contributed by atoms with E-state index in [1.54, 1.807) is 23.1 Å². The zero-order valence-electron chi connectivity index (χ0n) is 14.5. The third kappa shape index (κ3) is 6.21. The lowest BCUT2D eigenvalue weighted by Crippen LogP contribution is -2.50. The first-order valence-corrected chi connectivity index (χ1v) is 8.68. The number of aromatic hydroxyl groups is 1. The molecule has 2 rings (SSSR count). The fourth-order valence-corrected chi connectivity index (χ4v) is 2.92. The summed E-state index contributed by atoms with van der Waals surface area (Å²) in [6.07, 6.45) is 4.59. The lowest BCUT2D eigenvalue weighted by molar-refractivity contribution is -0.132. The number of nitrogens with two attached hydrogens (primary N) is 1. The number of piperazine rings is 1. The van der Waals surface area contributed by atoms with Crippen LogP contribution in [-0.2, 0) is 4.79 Å². The first-order valence-electron chi connectivity index (χ1n) is 8.68. The van der Waals surface area contributed by atoms with Crippen LogP contribution in [0.1, 0.15) is 42.5 Å². The number of unbranched alkanes of at least 4 members (excludes halogenated alkanes) is 3. The maximum Gasteiger partial charge on any atom is 0.257 e. The molecule has 1 aromatic carbocycles. The van der Waals surface area contributed by atoms with Crippen LogP contribution >= 0.6 is 12.4 Å². The third-order valence-corrected chi connectivity index (χ3v) is 4.40. The molecule has 0 aliphatic carbocycles. The Kier molecular flexibility index (Phi) is 9.31. The van der Waals surface area contributed by atoms with Crippen LogP contribution in [0.3, 0.4) is 0 Å². The Morgan fingerprint density at radius 1 is 0.960 bits per heavy atom. The van der Waals surface area contributed by atoms with Gasteiger partial charge in [-0.1, -0.05) is 25.0 Å². The van der Waals surface area contributed by atoms with Crippen LogP contribution in [0.5, 0.6) is 5.75 Å². The van der Waals surface area contributed by atoms with E-state index in [4.69, 9.17) is 5.73 Å². The van der Waals surface area contributed by atoms with Gasteiger partial charge in [-0.3, -0.25) is 9.59 Å². The highest BCUT2D eigenvalue weighted by Crippen LogP contribution is 2.19. The molecule has 1 aliphatic heterocycles. The van der Waals surface area contributed by atoms with Gasteiger partial charge < -0.3 is 20.6 Å². The normalized spacial score (nSPS) is 14.1. The second-order valence-corrected chi connectivity index (χ2v) is 6.14. The molecule has 2 amide bonds. The highest BCUT2D eigenvalue weighted by Gasteiger charge is 2.25. The van der Waals surface area contributed by atoms with E-state index in [1.165, 1.54) is 6.07 Å². The van der Waals surface area contributed by atoms with Crippen LogP contribution in [0.2, 0.25) is 0 Å². The number of carbonyl (C=O) groups is 2. The minimum absolute atomic E-state index is 0. The third-order valence-electron chi connectivity index (χ3n) is 4.40. The summed E-state index contributed by atoms with van der Waals surface area (Å²) < 4.78 is 0. The predicted molar refractivity (Wildman–Crippen MR) is 100.0 cm³/mol. The Morgan fingerprint density at radius 2 is 1.56 bits per heavy atom. The Balaban J connectivity index is 0.00000312. The molecule has 0 saturated carbocycles. The van der Waals surface area contributed by atoms with E-state index >= 15 is 0 Å². The van der Waals surface area contributed by atoms with Crippen molar-refractivity contribution in [2.75, 3.05) is 32.7 Å². The summed E-state index contributed by atoms with van der Waals surface area (Å²) in [5.74, 6) is -0.0159. The molecule has 1 fully saturated rings. The summed E-state index contributed by atoms with van der Waals surface area (Å²) in [6, 6.07) is 6.56. The van der Waals surface area contributed by atoms with Crippen LogP contribution < -0.4 is 5.73 Å². The van der Waals surface area contributed by atoms with Gasteiger partial charge in [0, 0.05) is 32.6 Å². The van der Waals surface area contributed by atoms with Crippen LogP contribution in [0.15, 0.2) is 24.3 Å². The molecule has 1 aromatic rings. The molecular formula is C18H28ClN3O3. The second kappa shape index (κ2) is 10.9. The van der Waals surface area contributed by atoms with Crippen LogP contribution in [-0.4, -0.2) is 59.4 Å². The summed E-state index contributed by atoms with van der Waals surface area (Å²) in [5.41, 5.74) is 5.77. The molecule has 140 valence electrons. The van der Waals surface area contributed by atoms with Gasteiger partial charge in [-0.25, -0.2) is 0 Å². The van der Waals surface area contributed by atoms with Crippen molar-refractivity contribution in [2.45, 2.75) is 32.1 Å². The van der Waals surface area contributed by atoms with Crippen molar-refractivity contribution in [3.8, 4) is 5.75 Å². The van der Waals surface area contributed by atoms with Crippen LogP contribution in [0.25, 0.3) is 0 Å². The summed E-state index contributed by atoms with van der Waals surface area (Å²) in [6.45, 7) is 2.83. The van der Waals surface area contributed by atoms with Crippen molar-refractivity contribution in [1.29, 1.82) is 0 Å². The molecule has 7 heteroatoms. The molecule has 1 aliphatic rings. The summed E-state index contributed by atoms with van der Waals surface area (Å²) in [5, 5.41) is 9.79. The van der Waals surface area contributed by atoms with Gasteiger partial charge in [-0.15, -0.1) is 12.4 Å². The number of hydrogen-bond donors (Lipinski definition) is 2. The molecule has 0 aromatic heterocycles. The van der Waals surface area contributed by atoms with Gasteiger partial charge in [-0.05, 0) is 31.5 Å². The van der Waals surface area contributed by atoms with Crippen molar-refractivity contribution in [1.82, 2.24) is 9.80 Å². The number of rotatable bonds is 7. The van der Waals surface area contributed by atoms with Gasteiger partial charge >= 0.3 is 0 Å². The van der Waals surface area contributed by atoms with Crippen molar-refractivity contribution >= 4 is 24.2 Å². The van der Waals surface area contributed by atoms with Gasteiger partial charge in [0.25, 0.3) is 5.91 Å². The Hall–Kier alpha value is -1.79. The topological polar surface area (TPSA) is 86.9 Å². The fraction of sp³-hybridized carbons (Fsp3) is 0.556. The van der Waals surface area contributed by atoms with Crippen LogP contribution in [0.4, 0.5) is 0 Å². The Labute approximate surface area is 155 Å². The average molecular weight is 370 g/mol. The lowest BCUT2D eigenvalue weighted by atomic mass is 10.1. The molecule has 6 nitrogen and oxygen atoms in total. The molecule has 1 heterocycles. The zero-order chi connectivity index (χ0) is 17.4. The predicted octanol–water partition coefficient (Wildman–Crippen LogP) is 2.01. The van der Waals surface area contributed by atoms with E-state index in [2.05, 4.69) is 0 Å². The Bertz CT molecular complexity index is 560. The molecule has 0 atom stereocenters. The smallest absolute Gasteiger partial charge is 0.257 e. The first kappa shape index (κ1) is 21.3.